The van der Waals surface area contributed by atoms with Crippen LogP contribution in [0.2, 0.25) is 0 Å². The molecular formula is C44H81O8P. The Morgan fingerprint density at radius 2 is 0.906 bits per heavy atom. The molecule has 9 heteroatoms. The second kappa shape index (κ2) is 39.9. The number of rotatable bonds is 40. The summed E-state index contributed by atoms with van der Waals surface area (Å²) in [6.45, 7) is 5.44. The van der Waals surface area contributed by atoms with E-state index in [2.05, 4.69) is 50.3 Å². The van der Waals surface area contributed by atoms with Crippen LogP contribution in [0.1, 0.15) is 207 Å². The van der Waals surface area contributed by atoms with E-state index in [1.54, 1.807) is 6.92 Å². The highest BCUT2D eigenvalue weighted by Gasteiger charge is 2.25. The van der Waals surface area contributed by atoms with Crippen molar-refractivity contribution < 1.29 is 37.6 Å². The van der Waals surface area contributed by atoms with Gasteiger partial charge in [-0.3, -0.25) is 18.6 Å². The molecule has 0 aliphatic heterocycles. The van der Waals surface area contributed by atoms with Gasteiger partial charge >= 0.3 is 19.8 Å². The van der Waals surface area contributed by atoms with Gasteiger partial charge in [0.2, 0.25) is 0 Å². The Hall–Kier alpha value is -1.73. The van der Waals surface area contributed by atoms with Gasteiger partial charge in [-0.25, -0.2) is 4.57 Å². The van der Waals surface area contributed by atoms with Crippen LogP contribution in [0.25, 0.3) is 0 Å². The van der Waals surface area contributed by atoms with Gasteiger partial charge in [0, 0.05) is 12.8 Å². The smallest absolute Gasteiger partial charge is 0.462 e. The molecule has 53 heavy (non-hydrogen) atoms. The summed E-state index contributed by atoms with van der Waals surface area (Å²) >= 11 is 0. The molecule has 0 rings (SSSR count). The average Bonchev–Trinajstić information content (AvgIpc) is 3.13. The molecule has 0 aliphatic carbocycles. The third kappa shape index (κ3) is 39.8. The Balaban J connectivity index is 4.08. The van der Waals surface area contributed by atoms with Crippen LogP contribution in [0, 0.1) is 0 Å². The minimum Gasteiger partial charge on any atom is -0.462 e. The lowest BCUT2D eigenvalue weighted by atomic mass is 10.1. The minimum atomic E-state index is -4.28. The lowest BCUT2D eigenvalue weighted by Gasteiger charge is -2.19. The first-order valence-electron chi connectivity index (χ1n) is 21.8. The molecule has 0 aliphatic rings. The highest BCUT2D eigenvalue weighted by Crippen LogP contribution is 2.43. The molecule has 0 spiro atoms. The van der Waals surface area contributed by atoms with Crippen molar-refractivity contribution in [2.75, 3.05) is 19.8 Å². The van der Waals surface area contributed by atoms with Crippen LogP contribution < -0.4 is 0 Å². The minimum absolute atomic E-state index is 0.00170. The van der Waals surface area contributed by atoms with Crippen LogP contribution in [0.15, 0.2) is 36.5 Å². The predicted octanol–water partition coefficient (Wildman–Crippen LogP) is 13.6. The fraction of sp³-hybridized carbons (Fsp3) is 0.818. The van der Waals surface area contributed by atoms with Crippen LogP contribution in [0.5, 0.6) is 0 Å². The Labute approximate surface area is 325 Å². The zero-order valence-corrected chi connectivity index (χ0v) is 35.3. The van der Waals surface area contributed by atoms with Gasteiger partial charge in [0.25, 0.3) is 0 Å². The van der Waals surface area contributed by atoms with Gasteiger partial charge in [-0.2, -0.15) is 0 Å². The second-order valence-corrected chi connectivity index (χ2v) is 15.8. The Morgan fingerprint density at radius 3 is 1.40 bits per heavy atom. The van der Waals surface area contributed by atoms with Crippen LogP contribution in [-0.2, 0) is 32.7 Å². The molecule has 1 N–H and O–H groups in total. The van der Waals surface area contributed by atoms with Crippen molar-refractivity contribution in [1.29, 1.82) is 0 Å². The molecule has 0 fully saturated rings. The van der Waals surface area contributed by atoms with Crippen LogP contribution in [0.3, 0.4) is 0 Å². The lowest BCUT2D eigenvalue weighted by molar-refractivity contribution is -0.161. The molecule has 0 radical (unpaired) electrons. The molecule has 2 atom stereocenters. The van der Waals surface area contributed by atoms with E-state index in [0.29, 0.717) is 6.42 Å². The highest BCUT2D eigenvalue weighted by molar-refractivity contribution is 7.47. The summed E-state index contributed by atoms with van der Waals surface area (Å²) in [5, 5.41) is 0. The number of hydrogen-bond acceptors (Lipinski definition) is 7. The number of carbonyl (C=O) groups is 2. The van der Waals surface area contributed by atoms with Crippen molar-refractivity contribution in [3.63, 3.8) is 0 Å². The van der Waals surface area contributed by atoms with E-state index in [0.717, 1.165) is 64.2 Å². The quantitative estimate of drug-likeness (QED) is 0.0284. The first-order chi connectivity index (χ1) is 25.8. The summed E-state index contributed by atoms with van der Waals surface area (Å²) in [5.41, 5.74) is 0. The van der Waals surface area contributed by atoms with Crippen molar-refractivity contribution >= 4 is 19.8 Å². The van der Waals surface area contributed by atoms with Gasteiger partial charge in [0.1, 0.15) is 6.61 Å². The topological polar surface area (TPSA) is 108 Å². The van der Waals surface area contributed by atoms with E-state index in [-0.39, 0.29) is 32.0 Å². The number of phosphoric ester groups is 1. The maximum Gasteiger partial charge on any atom is 0.472 e. The van der Waals surface area contributed by atoms with E-state index in [1.165, 1.54) is 103 Å². The van der Waals surface area contributed by atoms with Crippen molar-refractivity contribution in [2.45, 2.75) is 213 Å². The summed E-state index contributed by atoms with van der Waals surface area (Å²) in [7, 11) is -4.28. The third-order valence-corrected chi connectivity index (χ3v) is 10.2. The molecule has 0 bridgehead atoms. The van der Waals surface area contributed by atoms with Gasteiger partial charge in [0.05, 0.1) is 13.2 Å². The monoisotopic (exact) mass is 769 g/mol. The molecule has 0 aromatic heterocycles. The number of esters is 2. The van der Waals surface area contributed by atoms with Crippen molar-refractivity contribution in [2.24, 2.45) is 0 Å². The van der Waals surface area contributed by atoms with Crippen LogP contribution in [0.4, 0.5) is 0 Å². The van der Waals surface area contributed by atoms with Gasteiger partial charge < -0.3 is 14.4 Å². The van der Waals surface area contributed by atoms with E-state index in [9.17, 15) is 19.0 Å². The van der Waals surface area contributed by atoms with E-state index in [4.69, 9.17) is 18.5 Å². The normalized spacial score (nSPS) is 13.7. The fourth-order valence-electron chi connectivity index (χ4n) is 5.95. The lowest BCUT2D eigenvalue weighted by Crippen LogP contribution is -2.29. The third-order valence-electron chi connectivity index (χ3n) is 9.17. The molecule has 0 saturated heterocycles. The Bertz CT molecular complexity index is 963. The summed E-state index contributed by atoms with van der Waals surface area (Å²) in [6.07, 6.45) is 44.8. The maximum atomic E-state index is 12.6. The molecule has 0 aromatic rings. The average molecular weight is 769 g/mol. The van der Waals surface area contributed by atoms with Crippen molar-refractivity contribution in [3.8, 4) is 0 Å². The summed E-state index contributed by atoms with van der Waals surface area (Å²) in [4.78, 5) is 34.7. The zero-order chi connectivity index (χ0) is 38.9. The standard InChI is InChI=1S/C44H81O8P/c1-4-7-9-11-13-15-17-19-21-22-23-24-25-27-29-31-33-35-37-39-44(46)52-42(41-51-53(47,48)50-6-3)40-49-43(45)38-36-34-32-30-28-26-20-18-16-14-12-10-8-5-2/h13,15,18-21,42H,4-12,14,16-17,22-41H2,1-3H3,(H,47,48)/b15-13-,20-18-,21-19-. The predicted molar refractivity (Wildman–Crippen MR) is 221 cm³/mol. The first kappa shape index (κ1) is 51.3. The van der Waals surface area contributed by atoms with Crippen LogP contribution >= 0.6 is 7.82 Å². The van der Waals surface area contributed by atoms with Crippen molar-refractivity contribution in [3.05, 3.63) is 36.5 Å². The molecule has 8 nitrogen and oxygen atoms in total. The van der Waals surface area contributed by atoms with Gasteiger partial charge in [0.15, 0.2) is 6.10 Å². The summed E-state index contributed by atoms with van der Waals surface area (Å²) in [5.74, 6) is -0.809. The molecule has 0 saturated carbocycles. The molecule has 0 aromatic carbocycles. The first-order valence-corrected chi connectivity index (χ1v) is 23.3. The number of hydrogen-bond donors (Lipinski definition) is 1. The zero-order valence-electron chi connectivity index (χ0n) is 34.4. The van der Waals surface area contributed by atoms with Gasteiger partial charge in [-0.15, -0.1) is 0 Å². The second-order valence-electron chi connectivity index (χ2n) is 14.4. The number of carbonyl (C=O) groups excluding carboxylic acids is 2. The van der Waals surface area contributed by atoms with Gasteiger partial charge in [-0.1, -0.05) is 153 Å². The molecule has 0 amide bonds. The van der Waals surface area contributed by atoms with E-state index < -0.39 is 26.5 Å². The van der Waals surface area contributed by atoms with Gasteiger partial charge in [-0.05, 0) is 77.6 Å². The maximum absolute atomic E-state index is 12.6. The van der Waals surface area contributed by atoms with Crippen LogP contribution in [-0.4, -0.2) is 42.8 Å². The fourth-order valence-corrected chi connectivity index (χ4v) is 6.70. The number of phosphoric acid groups is 1. The number of ether oxygens (including phenoxy) is 2. The summed E-state index contributed by atoms with van der Waals surface area (Å²) in [6, 6.07) is 0. The SMILES string of the molecule is CCCCC/C=C\C/C=C\CCCCCCCCCCCC(=O)OC(COC(=O)CCCCCCC/C=C\CCCCCCC)COP(=O)(O)OCC. The number of allylic oxidation sites excluding steroid dienone is 6. The van der Waals surface area contributed by atoms with Crippen molar-refractivity contribution in [1.82, 2.24) is 0 Å². The van der Waals surface area contributed by atoms with E-state index >= 15 is 0 Å². The largest absolute Gasteiger partial charge is 0.472 e. The van der Waals surface area contributed by atoms with E-state index in [1.807, 2.05) is 0 Å². The number of unbranched alkanes of at least 4 members (excludes halogenated alkanes) is 22. The molecule has 2 unspecified atom stereocenters. The Morgan fingerprint density at radius 1 is 0.509 bits per heavy atom. The highest BCUT2D eigenvalue weighted by atomic mass is 31.2. The molecule has 0 heterocycles. The Kier molecular flexibility index (Phi) is 38.6. The summed E-state index contributed by atoms with van der Waals surface area (Å²) < 4.78 is 32.6. The molecule has 310 valence electrons. The molecular weight excluding hydrogens is 687 g/mol.